The van der Waals surface area contributed by atoms with Crippen LogP contribution in [0.15, 0.2) is 22.7 Å². The van der Waals surface area contributed by atoms with Crippen LogP contribution in [0.3, 0.4) is 0 Å². The first kappa shape index (κ1) is 12.5. The summed E-state index contributed by atoms with van der Waals surface area (Å²) in [5.41, 5.74) is 6.64. The first-order valence-corrected chi connectivity index (χ1v) is 5.77. The first-order valence-electron chi connectivity index (χ1n) is 4.97. The van der Waals surface area contributed by atoms with Crippen LogP contribution in [0, 0.1) is 0 Å². The van der Waals surface area contributed by atoms with Gasteiger partial charge in [0.05, 0.1) is 4.47 Å². The fourth-order valence-corrected chi connectivity index (χ4v) is 1.77. The molecule has 0 aliphatic heterocycles. The second kappa shape index (κ2) is 6.82. The van der Waals surface area contributed by atoms with Crippen LogP contribution in [0.4, 0.5) is 0 Å². The fraction of sp³-hybridized carbons (Fsp3) is 0.455. The van der Waals surface area contributed by atoms with Crippen molar-refractivity contribution in [3.8, 4) is 5.75 Å². The largest absolute Gasteiger partial charge is 0.466 e. The summed E-state index contributed by atoms with van der Waals surface area (Å²) in [5, 5.41) is 0. The predicted molar refractivity (Wildman–Crippen MR) is 64.0 cm³/mol. The fourth-order valence-electron chi connectivity index (χ4n) is 1.25. The van der Waals surface area contributed by atoms with E-state index in [0.29, 0.717) is 13.2 Å². The molecule has 0 heterocycles. The highest BCUT2D eigenvalue weighted by atomic mass is 79.9. The topological polar surface area (TPSA) is 44.5 Å². The van der Waals surface area contributed by atoms with Crippen molar-refractivity contribution in [2.24, 2.45) is 5.73 Å². The molecule has 0 radical (unpaired) electrons. The van der Waals surface area contributed by atoms with Crippen LogP contribution in [0.2, 0.25) is 0 Å². The Morgan fingerprint density at radius 2 is 2.20 bits per heavy atom. The van der Waals surface area contributed by atoms with Crippen molar-refractivity contribution < 1.29 is 9.47 Å². The highest BCUT2D eigenvalue weighted by Gasteiger charge is 2.06. The molecule has 0 fully saturated rings. The van der Waals surface area contributed by atoms with E-state index in [1.165, 1.54) is 0 Å². The number of para-hydroxylation sites is 1. The van der Waals surface area contributed by atoms with Gasteiger partial charge in [-0.15, -0.1) is 0 Å². The van der Waals surface area contributed by atoms with Gasteiger partial charge in [-0.2, -0.15) is 0 Å². The zero-order valence-electron chi connectivity index (χ0n) is 8.83. The first-order chi connectivity index (χ1) is 7.29. The van der Waals surface area contributed by atoms with Crippen molar-refractivity contribution in [1.29, 1.82) is 0 Å². The van der Waals surface area contributed by atoms with Gasteiger partial charge in [0.2, 0.25) is 0 Å². The molecule has 0 spiro atoms. The summed E-state index contributed by atoms with van der Waals surface area (Å²) in [4.78, 5) is 0. The van der Waals surface area contributed by atoms with E-state index in [0.717, 1.165) is 22.2 Å². The Hall–Kier alpha value is -0.580. The second-order valence-electron chi connectivity index (χ2n) is 3.02. The lowest BCUT2D eigenvalue weighted by Crippen LogP contribution is -2.08. The third kappa shape index (κ3) is 3.81. The number of nitrogens with two attached hydrogens (primary N) is 1. The van der Waals surface area contributed by atoms with E-state index in [2.05, 4.69) is 15.9 Å². The van der Waals surface area contributed by atoms with Crippen LogP contribution in [-0.2, 0) is 11.2 Å². The van der Waals surface area contributed by atoms with Gasteiger partial charge >= 0.3 is 0 Å². The molecule has 0 atom stereocenters. The number of benzene rings is 1. The minimum Gasteiger partial charge on any atom is -0.466 e. The van der Waals surface area contributed by atoms with Crippen LogP contribution < -0.4 is 10.5 Å². The van der Waals surface area contributed by atoms with Crippen LogP contribution in [0.25, 0.3) is 0 Å². The molecule has 15 heavy (non-hydrogen) atoms. The summed E-state index contributed by atoms with van der Waals surface area (Å²) in [5.74, 6) is 0.830. The van der Waals surface area contributed by atoms with Gasteiger partial charge in [0.1, 0.15) is 5.75 Å². The van der Waals surface area contributed by atoms with E-state index < -0.39 is 0 Å². The Morgan fingerprint density at radius 3 is 2.87 bits per heavy atom. The molecule has 84 valence electrons. The molecule has 0 bridgehead atoms. The Kier molecular flexibility index (Phi) is 5.68. The van der Waals surface area contributed by atoms with Gasteiger partial charge in [-0.25, -0.2) is 0 Å². The summed E-state index contributed by atoms with van der Waals surface area (Å²) in [7, 11) is 0. The van der Waals surface area contributed by atoms with Crippen LogP contribution >= 0.6 is 15.9 Å². The molecular formula is C11H16BrNO2. The number of hydrogen-bond donors (Lipinski definition) is 1. The second-order valence-corrected chi connectivity index (χ2v) is 3.88. The van der Waals surface area contributed by atoms with E-state index >= 15 is 0 Å². The lowest BCUT2D eigenvalue weighted by molar-refractivity contribution is 0.0214. The molecule has 0 amide bonds. The van der Waals surface area contributed by atoms with Crippen molar-refractivity contribution >= 4 is 15.9 Å². The van der Waals surface area contributed by atoms with E-state index in [-0.39, 0.29) is 6.79 Å². The molecule has 0 saturated heterocycles. The van der Waals surface area contributed by atoms with Crippen LogP contribution in [0.5, 0.6) is 5.75 Å². The molecule has 1 rings (SSSR count). The molecule has 0 aliphatic carbocycles. The standard InChI is InChI=1S/C11H16BrNO2/c1-2-14-8-15-11-9(6-7-13)4-3-5-10(11)12/h3-5H,2,6-8,13H2,1H3. The van der Waals surface area contributed by atoms with E-state index in [1.54, 1.807) is 0 Å². The molecule has 0 unspecified atom stereocenters. The van der Waals surface area contributed by atoms with Crippen LogP contribution in [0.1, 0.15) is 12.5 Å². The van der Waals surface area contributed by atoms with Gasteiger partial charge in [-0.1, -0.05) is 12.1 Å². The van der Waals surface area contributed by atoms with Gasteiger partial charge in [0, 0.05) is 6.61 Å². The Morgan fingerprint density at radius 1 is 1.40 bits per heavy atom. The zero-order valence-corrected chi connectivity index (χ0v) is 10.4. The predicted octanol–water partition coefficient (Wildman–Crippen LogP) is 2.32. The zero-order chi connectivity index (χ0) is 11.1. The normalized spacial score (nSPS) is 10.3. The van der Waals surface area contributed by atoms with Crippen molar-refractivity contribution in [3.63, 3.8) is 0 Å². The van der Waals surface area contributed by atoms with Gasteiger partial charge < -0.3 is 15.2 Å². The minimum atomic E-state index is 0.274. The van der Waals surface area contributed by atoms with Gasteiger partial charge in [-0.05, 0) is 47.4 Å². The summed E-state index contributed by atoms with van der Waals surface area (Å²) < 4.78 is 11.6. The molecule has 2 N–H and O–H groups in total. The molecule has 0 saturated carbocycles. The van der Waals surface area contributed by atoms with Gasteiger partial charge in [0.15, 0.2) is 6.79 Å². The highest BCUT2D eigenvalue weighted by Crippen LogP contribution is 2.29. The molecule has 3 nitrogen and oxygen atoms in total. The number of halogens is 1. The number of hydrogen-bond acceptors (Lipinski definition) is 3. The Balaban J connectivity index is 2.72. The maximum atomic E-state index is 5.54. The van der Waals surface area contributed by atoms with Crippen molar-refractivity contribution in [3.05, 3.63) is 28.2 Å². The lowest BCUT2D eigenvalue weighted by atomic mass is 10.1. The number of ether oxygens (including phenoxy) is 2. The highest BCUT2D eigenvalue weighted by molar-refractivity contribution is 9.10. The maximum Gasteiger partial charge on any atom is 0.189 e. The Labute approximate surface area is 98.7 Å². The quantitative estimate of drug-likeness (QED) is 0.639. The smallest absolute Gasteiger partial charge is 0.189 e. The summed E-state index contributed by atoms with van der Waals surface area (Å²) in [6.45, 7) is 3.47. The SMILES string of the molecule is CCOCOc1c(Br)cccc1CCN. The summed E-state index contributed by atoms with van der Waals surface area (Å²) in [6, 6.07) is 5.93. The third-order valence-electron chi connectivity index (χ3n) is 1.95. The average molecular weight is 274 g/mol. The molecule has 1 aromatic carbocycles. The third-order valence-corrected chi connectivity index (χ3v) is 2.58. The van der Waals surface area contributed by atoms with Gasteiger partial charge in [0.25, 0.3) is 0 Å². The van der Waals surface area contributed by atoms with E-state index in [1.807, 2.05) is 25.1 Å². The molecule has 1 aromatic rings. The summed E-state index contributed by atoms with van der Waals surface area (Å²) >= 11 is 3.45. The van der Waals surface area contributed by atoms with Crippen molar-refractivity contribution in [1.82, 2.24) is 0 Å². The van der Waals surface area contributed by atoms with E-state index in [4.69, 9.17) is 15.2 Å². The monoisotopic (exact) mass is 273 g/mol. The van der Waals surface area contributed by atoms with Crippen LogP contribution in [-0.4, -0.2) is 19.9 Å². The summed E-state index contributed by atoms with van der Waals surface area (Å²) in [6.07, 6.45) is 0.806. The maximum absolute atomic E-state index is 5.54. The average Bonchev–Trinajstić information content (AvgIpc) is 2.23. The molecule has 4 heteroatoms. The molecule has 0 aromatic heterocycles. The molecule has 0 aliphatic rings. The Bertz CT molecular complexity index is 305. The van der Waals surface area contributed by atoms with Crippen molar-refractivity contribution in [2.45, 2.75) is 13.3 Å². The van der Waals surface area contributed by atoms with Crippen molar-refractivity contribution in [2.75, 3.05) is 19.9 Å². The van der Waals surface area contributed by atoms with Gasteiger partial charge in [-0.3, -0.25) is 0 Å². The number of rotatable bonds is 6. The molecular weight excluding hydrogens is 258 g/mol. The lowest BCUT2D eigenvalue weighted by Gasteiger charge is -2.12. The minimum absolute atomic E-state index is 0.274. The van der Waals surface area contributed by atoms with E-state index in [9.17, 15) is 0 Å².